The van der Waals surface area contributed by atoms with E-state index in [-0.39, 0.29) is 63.7 Å². The minimum atomic E-state index is -1.93. The van der Waals surface area contributed by atoms with Crippen molar-refractivity contribution in [1.82, 2.24) is 82.7 Å². The lowest BCUT2D eigenvalue weighted by atomic mass is 9.98. The summed E-state index contributed by atoms with van der Waals surface area (Å²) >= 11 is 0.782. The predicted molar refractivity (Wildman–Crippen MR) is 477 cm³/mol. The summed E-state index contributed by atoms with van der Waals surface area (Å²) in [6.45, 7) is 2.37. The number of hydrogen-bond acceptors (Lipinski definition) is 20. The van der Waals surface area contributed by atoms with E-state index in [1.54, 1.807) is 121 Å². The molecule has 11 atom stereocenters. The molecule has 694 valence electrons. The Morgan fingerprint density at radius 3 is 1.55 bits per heavy atom. The second-order valence-corrected chi connectivity index (χ2v) is 33.0. The summed E-state index contributed by atoms with van der Waals surface area (Å²) in [5, 5.41) is 64.9. The Morgan fingerprint density at radius 2 is 0.977 bits per heavy atom. The van der Waals surface area contributed by atoms with Gasteiger partial charge >= 0.3 is 11.9 Å². The number of unbranched alkanes of at least 4 members (excludes halogenated alkanes) is 1. The molecule has 1 aliphatic rings. The van der Waals surface area contributed by atoms with Gasteiger partial charge in [-0.1, -0.05) is 155 Å². The number of aliphatic carboxylic acids is 2. The average Bonchev–Trinajstić information content (AvgIpc) is 1.76. The molecule has 129 heavy (non-hydrogen) atoms. The molecule has 2 heterocycles. The van der Waals surface area contributed by atoms with Gasteiger partial charge in [0.15, 0.2) is 5.96 Å². The van der Waals surface area contributed by atoms with E-state index in [1.165, 1.54) is 66.3 Å². The fourth-order valence-electron chi connectivity index (χ4n) is 14.5. The second-order valence-electron chi connectivity index (χ2n) is 32.0. The van der Waals surface area contributed by atoms with Gasteiger partial charge in [0.1, 0.15) is 72.2 Å². The molecule has 1 aromatic heterocycles. The molecule has 1 aliphatic heterocycles. The number of nitrogens with zero attached hydrogens (tertiary/aromatic N) is 5. The number of likely N-dealkylation sites (N-methyl/N-ethyl adjacent to an activating group) is 5. The van der Waals surface area contributed by atoms with Crippen LogP contribution in [0.4, 0.5) is 0 Å². The van der Waals surface area contributed by atoms with Crippen molar-refractivity contribution < 1.29 is 96.8 Å². The standard InChI is InChI=1S/C89H117N19O20S/c1-9-10-32-68-86(126)105(5)49-73(112)97-65(45-76(116)117)82(122)103-77(52(2)3)88(128)107(7)69(42-54-25-16-12-17-26-54)83(123)100-62(37-38-75(114)115)84(124)104(4)48-72(111)96-64(44-57-46-94-60-30-21-20-29-59(57)60)81(121)101-63(40-56-33-35-58(109)36-34-56)80(120)99-61(31-22-39-93-89(91)92)79(119)102-67(78(118)95-47-71(90)110)50-129-51-74(113)98-66(41-53-23-14-11-15-24-53)85(125)108(8)70(87(127)106(68)6)43-55-27-18-13-19-28-55/h11-21,23-30,33-36,46,52,61-70,77,94,109H,9-10,22,31-32,37-45,47-51H2,1-8H3,(H2,90,110)(H,95,118)(H,96,111)(H,97,112)(H,98,113)(H,99,120)(H,100,123)(H,101,121)(H,102,119)(H,103,122)(H,114,115)(H,116,117)(H4,91,92,93)/t61-,62-,63-,64-,65-,66-,67-,68-,69-,70?,77-/m0/s1. The fourth-order valence-corrected chi connectivity index (χ4v) is 15.4. The zero-order chi connectivity index (χ0) is 94.7. The van der Waals surface area contributed by atoms with Gasteiger partial charge in [-0.15, -0.1) is 11.8 Å². The maximum absolute atomic E-state index is 15.5. The molecular formula is C89H117N19O20S. The Balaban J connectivity index is 1.34. The maximum atomic E-state index is 15.5. The highest BCUT2D eigenvalue weighted by Gasteiger charge is 2.42. The number of amides is 15. The van der Waals surface area contributed by atoms with Crippen molar-refractivity contribution in [2.75, 3.05) is 72.9 Å². The van der Waals surface area contributed by atoms with E-state index in [1.807, 2.05) is 6.92 Å². The van der Waals surface area contributed by atoms with Crippen molar-refractivity contribution >= 4 is 129 Å². The molecule has 0 bridgehead atoms. The summed E-state index contributed by atoms with van der Waals surface area (Å²) < 4.78 is 0. The number of benzene rings is 5. The first kappa shape index (κ1) is 102. The number of nitrogens with one attached hydrogen (secondary N) is 12. The monoisotopic (exact) mass is 1800 g/mol. The van der Waals surface area contributed by atoms with Gasteiger partial charge in [0.25, 0.3) is 0 Å². The van der Waals surface area contributed by atoms with E-state index in [4.69, 9.17) is 16.9 Å². The number of guanidine groups is 1. The van der Waals surface area contributed by atoms with Crippen molar-refractivity contribution in [2.24, 2.45) is 17.4 Å². The van der Waals surface area contributed by atoms with Gasteiger partial charge in [0.05, 0.1) is 31.8 Å². The van der Waals surface area contributed by atoms with Gasteiger partial charge in [0.2, 0.25) is 88.6 Å². The number of H-pyrrole nitrogens is 1. The number of phenols is 1. The molecule has 7 rings (SSSR count). The number of carboxylic acids is 2. The van der Waals surface area contributed by atoms with Crippen molar-refractivity contribution in [2.45, 2.75) is 171 Å². The number of nitrogens with two attached hydrogens (primary N) is 2. The highest BCUT2D eigenvalue weighted by molar-refractivity contribution is 8.00. The Morgan fingerprint density at radius 1 is 0.481 bits per heavy atom. The molecule has 6 aromatic rings. The minimum absolute atomic E-state index is 0.00898. The average molecular weight is 1810 g/mol. The summed E-state index contributed by atoms with van der Waals surface area (Å²) in [4.78, 5) is 254. The number of carbonyl (C=O) groups excluding carboxylic acids is 15. The number of primary amides is 1. The number of para-hydroxylation sites is 1. The summed E-state index contributed by atoms with van der Waals surface area (Å²) in [5.41, 5.74) is 14.1. The number of hydrogen-bond donors (Lipinski definition) is 17. The molecule has 40 heteroatoms. The van der Waals surface area contributed by atoms with E-state index >= 15 is 33.6 Å². The molecule has 0 saturated carbocycles. The van der Waals surface area contributed by atoms with Crippen LogP contribution in [0.25, 0.3) is 10.9 Å². The molecule has 1 unspecified atom stereocenters. The minimum Gasteiger partial charge on any atom is -0.508 e. The van der Waals surface area contributed by atoms with E-state index in [9.17, 15) is 63.3 Å². The number of phenolic OH excluding ortho intramolecular Hbond substituents is 1. The van der Waals surface area contributed by atoms with E-state index in [2.05, 4.69) is 58.2 Å². The Labute approximate surface area is 750 Å². The lowest BCUT2D eigenvalue weighted by molar-refractivity contribution is -0.151. The maximum Gasteiger partial charge on any atom is 0.305 e. The van der Waals surface area contributed by atoms with Crippen LogP contribution in [0.5, 0.6) is 5.75 Å². The molecule has 5 aromatic carbocycles. The highest BCUT2D eigenvalue weighted by Crippen LogP contribution is 2.24. The summed E-state index contributed by atoms with van der Waals surface area (Å²) in [7, 11) is 6.30. The van der Waals surface area contributed by atoms with Gasteiger partial charge in [-0.3, -0.25) is 86.9 Å². The number of thioether (sulfide) groups is 1. The lowest BCUT2D eigenvalue weighted by Gasteiger charge is -2.37. The summed E-state index contributed by atoms with van der Waals surface area (Å²) in [6, 6.07) is 20.0. The Hall–Kier alpha value is -14.0. The van der Waals surface area contributed by atoms with Gasteiger partial charge in [-0.2, -0.15) is 0 Å². The van der Waals surface area contributed by atoms with Crippen molar-refractivity contribution in [3.05, 3.63) is 174 Å². The van der Waals surface area contributed by atoms with Crippen molar-refractivity contribution in [3.8, 4) is 5.75 Å². The van der Waals surface area contributed by atoms with Gasteiger partial charge < -0.3 is 109 Å². The number of aromatic hydroxyl groups is 1. The smallest absolute Gasteiger partial charge is 0.305 e. The van der Waals surface area contributed by atoms with Crippen LogP contribution < -0.4 is 64.6 Å². The van der Waals surface area contributed by atoms with Crippen LogP contribution in [0.3, 0.4) is 0 Å². The largest absolute Gasteiger partial charge is 0.508 e. The molecular weight excluding hydrogens is 1690 g/mol. The first-order valence-electron chi connectivity index (χ1n) is 42.1. The van der Waals surface area contributed by atoms with E-state index < -0.39 is 229 Å². The number of carbonyl (C=O) groups is 17. The topological polar surface area (TPSA) is 579 Å². The molecule has 0 radical (unpaired) electrons. The molecule has 0 aliphatic carbocycles. The van der Waals surface area contributed by atoms with Crippen LogP contribution in [0.1, 0.15) is 100.0 Å². The fraction of sp³-hybridized carbons (Fsp3) is 0.438. The third-order valence-corrected chi connectivity index (χ3v) is 22.6. The van der Waals surface area contributed by atoms with E-state index in [0.717, 1.165) is 43.3 Å². The van der Waals surface area contributed by atoms with Gasteiger partial charge in [0, 0.05) is 103 Å². The normalized spacial score (nSPS) is 21.8. The van der Waals surface area contributed by atoms with Crippen LogP contribution in [0.15, 0.2) is 146 Å². The van der Waals surface area contributed by atoms with Crippen LogP contribution in [0.2, 0.25) is 0 Å². The van der Waals surface area contributed by atoms with Crippen LogP contribution in [0, 0.1) is 11.3 Å². The third kappa shape index (κ3) is 32.1. The van der Waals surface area contributed by atoms with Crippen LogP contribution >= 0.6 is 11.8 Å². The SMILES string of the molecule is CCCC[C@H]1C(=O)N(C)CC(=O)N[C@@H](CC(=O)O)C(=O)N[C@@H](C(C)C)C(=O)N(C)[C@@H](Cc2ccccc2)C(=O)N[C@@H](CCC(=O)O)C(=O)N(C)CC(=O)N[C@@H](Cc2c[nH]c3ccccc23)C(=O)N[C@@H](Cc2ccc(O)cc2)C(=O)N[C@@H](CCCNC(=N)N)C(=O)N[C@H](C(=O)NCC(N)=O)CSCC(=O)N[C@@H](Cc2ccccc2)C(=O)N(C)C(Cc2ccccc2)C(=O)N1C. The first-order valence-corrected chi connectivity index (χ1v) is 43.3. The number of fused-ring (bicyclic) bond motifs is 1. The summed E-state index contributed by atoms with van der Waals surface area (Å²) in [5.74, 6) is -20.0. The molecule has 15 amide bonds. The molecule has 1 saturated heterocycles. The molecule has 39 nitrogen and oxygen atoms in total. The molecule has 1 fully saturated rings. The Kier molecular flexibility index (Phi) is 39.9. The second kappa shape index (κ2) is 50.4. The van der Waals surface area contributed by atoms with Crippen LogP contribution in [-0.4, -0.2) is 291 Å². The third-order valence-electron chi connectivity index (χ3n) is 21.6. The zero-order valence-electron chi connectivity index (χ0n) is 73.3. The Bertz CT molecular complexity index is 4930. The number of aromatic nitrogens is 1. The predicted octanol–water partition coefficient (Wildman–Crippen LogP) is -0.540. The quantitative estimate of drug-likeness (QED) is 0.0184. The number of carboxylic acid groups (broad SMARTS) is 2. The number of aromatic amines is 1. The first-order chi connectivity index (χ1) is 61.3. The van der Waals surface area contributed by atoms with Crippen LogP contribution in [-0.2, 0) is 114 Å². The summed E-state index contributed by atoms with van der Waals surface area (Å²) in [6.07, 6.45) is -1.53. The van der Waals surface area contributed by atoms with Crippen molar-refractivity contribution in [3.63, 3.8) is 0 Å². The van der Waals surface area contributed by atoms with E-state index in [0.29, 0.717) is 51.6 Å². The highest BCUT2D eigenvalue weighted by atomic mass is 32.2. The van der Waals surface area contributed by atoms with Crippen molar-refractivity contribution in [1.29, 1.82) is 5.41 Å². The molecule has 0 spiro atoms. The van der Waals surface area contributed by atoms with Gasteiger partial charge in [-0.05, 0) is 77.6 Å². The van der Waals surface area contributed by atoms with Gasteiger partial charge in [-0.25, -0.2) is 0 Å². The lowest BCUT2D eigenvalue weighted by Crippen LogP contribution is -2.61. The molecule has 19 N–H and O–H groups in total. The zero-order valence-corrected chi connectivity index (χ0v) is 74.1. The number of rotatable bonds is 26.